The van der Waals surface area contributed by atoms with E-state index in [1.54, 1.807) is 13.0 Å². The Balaban J connectivity index is 3.10. The highest BCUT2D eigenvalue weighted by atomic mass is 19.1. The monoisotopic (exact) mass is 281 g/mol. The van der Waals surface area contributed by atoms with E-state index >= 15 is 0 Å². The summed E-state index contributed by atoms with van der Waals surface area (Å²) < 4.78 is 20.0. The first kappa shape index (κ1) is 17.0. The normalized spacial score (nSPS) is 13.3. The van der Waals surface area contributed by atoms with Crippen molar-refractivity contribution in [2.24, 2.45) is 0 Å². The minimum Gasteiger partial charge on any atom is -0.488 e. The first-order chi connectivity index (χ1) is 9.30. The van der Waals surface area contributed by atoms with Crippen molar-refractivity contribution >= 4 is 0 Å². The van der Waals surface area contributed by atoms with Crippen LogP contribution in [0.3, 0.4) is 0 Å². The second kappa shape index (κ2) is 7.07. The van der Waals surface area contributed by atoms with Gasteiger partial charge >= 0.3 is 0 Å². The van der Waals surface area contributed by atoms with Crippen LogP contribution in [0.5, 0.6) is 5.75 Å². The fourth-order valence-electron chi connectivity index (χ4n) is 1.94. The van der Waals surface area contributed by atoms with Gasteiger partial charge in [-0.3, -0.25) is 0 Å². The Morgan fingerprint density at radius 1 is 1.30 bits per heavy atom. The molecule has 0 radical (unpaired) electrons. The van der Waals surface area contributed by atoms with Crippen LogP contribution >= 0.6 is 0 Å². The van der Waals surface area contributed by atoms with Crippen LogP contribution in [0.4, 0.5) is 4.39 Å². The molecule has 0 amide bonds. The van der Waals surface area contributed by atoms with Crippen molar-refractivity contribution in [2.45, 2.75) is 66.0 Å². The van der Waals surface area contributed by atoms with Gasteiger partial charge in [-0.2, -0.15) is 0 Å². The molecule has 0 fully saturated rings. The van der Waals surface area contributed by atoms with Crippen LogP contribution in [0.15, 0.2) is 12.1 Å². The van der Waals surface area contributed by atoms with Crippen LogP contribution in [0.2, 0.25) is 0 Å². The Morgan fingerprint density at radius 3 is 2.50 bits per heavy atom. The van der Waals surface area contributed by atoms with Gasteiger partial charge < -0.3 is 10.1 Å². The third kappa shape index (κ3) is 4.48. The molecule has 0 aliphatic heterocycles. The van der Waals surface area contributed by atoms with Crippen LogP contribution in [0.25, 0.3) is 0 Å². The number of hydrogen-bond acceptors (Lipinski definition) is 2. The third-order valence-electron chi connectivity index (χ3n) is 3.70. The summed E-state index contributed by atoms with van der Waals surface area (Å²) in [6.07, 6.45) is 1.95. The first-order valence-electron chi connectivity index (χ1n) is 7.53. The maximum Gasteiger partial charge on any atom is 0.126 e. The van der Waals surface area contributed by atoms with Gasteiger partial charge in [0, 0.05) is 11.6 Å². The zero-order valence-corrected chi connectivity index (χ0v) is 13.6. The van der Waals surface area contributed by atoms with Gasteiger partial charge in [0.25, 0.3) is 0 Å². The van der Waals surface area contributed by atoms with E-state index < -0.39 is 0 Å². The molecule has 2 nitrogen and oxygen atoms in total. The molecule has 0 spiro atoms. The molecule has 0 aromatic heterocycles. The average Bonchev–Trinajstić information content (AvgIpc) is 2.39. The number of rotatable bonds is 7. The summed E-state index contributed by atoms with van der Waals surface area (Å²) in [5, 5.41) is 3.39. The summed E-state index contributed by atoms with van der Waals surface area (Å²) in [5.41, 5.74) is 1.27. The number of hydrogen-bond donors (Lipinski definition) is 1. The molecule has 1 atom stereocenters. The lowest BCUT2D eigenvalue weighted by atomic mass is 10.0. The van der Waals surface area contributed by atoms with Crippen molar-refractivity contribution in [3.05, 3.63) is 29.1 Å². The summed E-state index contributed by atoms with van der Waals surface area (Å²) in [7, 11) is 0. The molecular weight excluding hydrogens is 253 g/mol. The molecule has 1 unspecified atom stereocenters. The molecule has 0 aliphatic carbocycles. The van der Waals surface area contributed by atoms with Gasteiger partial charge in [0.15, 0.2) is 0 Å². The Morgan fingerprint density at radius 2 is 1.95 bits per heavy atom. The van der Waals surface area contributed by atoms with Crippen LogP contribution in [0, 0.1) is 12.7 Å². The first-order valence-corrected chi connectivity index (χ1v) is 7.53. The lowest BCUT2D eigenvalue weighted by molar-refractivity contribution is 0.103. The predicted molar refractivity (Wildman–Crippen MR) is 82.8 cm³/mol. The fourth-order valence-corrected chi connectivity index (χ4v) is 1.94. The minimum absolute atomic E-state index is 0.0766. The molecule has 1 N–H and O–H groups in total. The summed E-state index contributed by atoms with van der Waals surface area (Å²) >= 11 is 0. The summed E-state index contributed by atoms with van der Waals surface area (Å²) in [5.74, 6) is 0.610. The fraction of sp³-hybridized carbons (Fsp3) is 0.647. The molecule has 20 heavy (non-hydrogen) atoms. The topological polar surface area (TPSA) is 21.3 Å². The van der Waals surface area contributed by atoms with Gasteiger partial charge in [-0.1, -0.05) is 13.8 Å². The molecule has 3 heteroatoms. The van der Waals surface area contributed by atoms with Crippen LogP contribution < -0.4 is 10.1 Å². The maximum absolute atomic E-state index is 13.9. The molecule has 0 saturated carbocycles. The Hall–Kier alpha value is -1.09. The highest BCUT2D eigenvalue weighted by molar-refractivity contribution is 5.40. The van der Waals surface area contributed by atoms with E-state index in [9.17, 15) is 4.39 Å². The Kier molecular flexibility index (Phi) is 6.00. The predicted octanol–water partition coefficient (Wildman–Crippen LogP) is 4.76. The molecule has 114 valence electrons. The summed E-state index contributed by atoms with van der Waals surface area (Å²) in [6.45, 7) is 13.1. The van der Waals surface area contributed by atoms with E-state index in [1.165, 1.54) is 0 Å². The highest BCUT2D eigenvalue weighted by Gasteiger charge is 2.21. The van der Waals surface area contributed by atoms with Crippen molar-refractivity contribution < 1.29 is 9.13 Å². The van der Waals surface area contributed by atoms with Crippen LogP contribution in [0.1, 0.15) is 64.6 Å². The molecule has 0 heterocycles. The molecule has 0 aliphatic rings. The van der Waals surface area contributed by atoms with Gasteiger partial charge in [-0.15, -0.1) is 0 Å². The molecule has 0 bridgehead atoms. The van der Waals surface area contributed by atoms with Crippen molar-refractivity contribution in [1.82, 2.24) is 5.32 Å². The second-order valence-electron chi connectivity index (χ2n) is 6.03. The Labute approximate surface area is 122 Å². The maximum atomic E-state index is 13.9. The molecule has 1 rings (SSSR count). The van der Waals surface area contributed by atoms with Gasteiger partial charge in [-0.25, -0.2) is 4.39 Å². The van der Waals surface area contributed by atoms with E-state index in [0.717, 1.165) is 30.7 Å². The second-order valence-corrected chi connectivity index (χ2v) is 6.03. The lowest BCUT2D eigenvalue weighted by Gasteiger charge is -2.28. The SMILES string of the molecule is CCCNC(C)c1cc(F)c(C)cc1OC(C)(C)CC. The molecular formula is C17H28FNO. The third-order valence-corrected chi connectivity index (χ3v) is 3.70. The van der Waals surface area contributed by atoms with E-state index in [-0.39, 0.29) is 17.5 Å². The number of ether oxygens (including phenoxy) is 1. The van der Waals surface area contributed by atoms with E-state index in [4.69, 9.17) is 4.74 Å². The van der Waals surface area contributed by atoms with Gasteiger partial charge in [0.05, 0.1) is 0 Å². The minimum atomic E-state index is -0.247. The number of nitrogens with one attached hydrogen (secondary N) is 1. The molecule has 1 aromatic carbocycles. The van der Waals surface area contributed by atoms with E-state index in [0.29, 0.717) is 5.56 Å². The molecule has 1 aromatic rings. The Bertz CT molecular complexity index is 443. The number of halogens is 1. The lowest BCUT2D eigenvalue weighted by Crippen LogP contribution is -2.28. The summed E-state index contributed by atoms with van der Waals surface area (Å²) in [4.78, 5) is 0. The van der Waals surface area contributed by atoms with E-state index in [2.05, 4.69) is 33.0 Å². The van der Waals surface area contributed by atoms with Crippen molar-refractivity contribution in [2.75, 3.05) is 6.54 Å². The highest BCUT2D eigenvalue weighted by Crippen LogP contribution is 2.31. The largest absolute Gasteiger partial charge is 0.488 e. The van der Waals surface area contributed by atoms with Gasteiger partial charge in [-0.05, 0) is 64.8 Å². The zero-order chi connectivity index (χ0) is 15.3. The zero-order valence-electron chi connectivity index (χ0n) is 13.6. The van der Waals surface area contributed by atoms with Crippen LogP contribution in [-0.2, 0) is 0 Å². The number of benzene rings is 1. The smallest absolute Gasteiger partial charge is 0.126 e. The average molecular weight is 281 g/mol. The molecule has 0 saturated heterocycles. The standard InChI is InChI=1S/C17H28FNO/c1-7-9-19-13(4)14-11-15(18)12(3)10-16(14)20-17(5,6)8-2/h10-11,13,19H,7-9H2,1-6H3. The van der Waals surface area contributed by atoms with Crippen molar-refractivity contribution in [1.29, 1.82) is 0 Å². The quantitative estimate of drug-likeness (QED) is 0.778. The van der Waals surface area contributed by atoms with Crippen molar-refractivity contribution in [3.63, 3.8) is 0 Å². The van der Waals surface area contributed by atoms with Crippen molar-refractivity contribution in [3.8, 4) is 5.75 Å². The summed E-state index contributed by atoms with van der Waals surface area (Å²) in [6, 6.07) is 3.49. The van der Waals surface area contributed by atoms with E-state index in [1.807, 2.05) is 13.0 Å². The van der Waals surface area contributed by atoms with Gasteiger partial charge in [0.1, 0.15) is 17.2 Å². The number of aryl methyl sites for hydroxylation is 1. The van der Waals surface area contributed by atoms with Gasteiger partial charge in [0.2, 0.25) is 0 Å². The van der Waals surface area contributed by atoms with Crippen LogP contribution in [-0.4, -0.2) is 12.1 Å².